The molecule has 0 spiro atoms. The van der Waals surface area contributed by atoms with E-state index in [9.17, 15) is 14.9 Å². The molecule has 1 N–H and O–H groups in total. The molecule has 0 atom stereocenters. The van der Waals surface area contributed by atoms with Gasteiger partial charge in [-0.15, -0.1) is 0 Å². The summed E-state index contributed by atoms with van der Waals surface area (Å²) < 4.78 is 5.06. The van der Waals surface area contributed by atoms with Gasteiger partial charge in [-0.3, -0.25) is 10.1 Å². The fourth-order valence-corrected chi connectivity index (χ4v) is 2.40. The Bertz CT molecular complexity index is 597. The highest BCUT2D eigenvalue weighted by Crippen LogP contribution is 2.33. The fraction of sp³-hybridized carbons (Fsp3) is 0.357. The van der Waals surface area contributed by atoms with Crippen molar-refractivity contribution in [1.82, 2.24) is 0 Å². The summed E-state index contributed by atoms with van der Waals surface area (Å²) >= 11 is 0. The number of nitro benzene ring substituents is 1. The van der Waals surface area contributed by atoms with Crippen molar-refractivity contribution < 1.29 is 19.6 Å². The van der Waals surface area contributed by atoms with Gasteiger partial charge in [0.25, 0.3) is 0 Å². The molecule has 0 radical (unpaired) electrons. The van der Waals surface area contributed by atoms with Gasteiger partial charge in [-0.1, -0.05) is 12.1 Å². The number of carboxylic acid groups (broad SMARTS) is 1. The summed E-state index contributed by atoms with van der Waals surface area (Å²) in [7, 11) is 1.62. The quantitative estimate of drug-likeness (QED) is 0.507. The average Bonchev–Trinajstić information content (AvgIpc) is 2.47. The standard InChI is InChI=1S/C14H16N2O5/c1-21-9-10-5-7-15(8-6-10)12-4-2-3-11(14(17)18)13(12)16(19)20/h2-5H,6-9H2,1H3,(H,17,18). The second kappa shape index (κ2) is 6.36. The predicted octanol–water partition coefficient (Wildman–Crippen LogP) is 2.08. The van der Waals surface area contributed by atoms with Gasteiger partial charge < -0.3 is 14.7 Å². The van der Waals surface area contributed by atoms with E-state index in [1.54, 1.807) is 13.2 Å². The number of hydrogen-bond donors (Lipinski definition) is 1. The molecule has 0 aliphatic carbocycles. The van der Waals surface area contributed by atoms with Crippen LogP contribution in [0.15, 0.2) is 29.8 Å². The van der Waals surface area contributed by atoms with Gasteiger partial charge in [0.05, 0.1) is 11.5 Å². The van der Waals surface area contributed by atoms with E-state index in [1.165, 1.54) is 12.1 Å². The van der Waals surface area contributed by atoms with Crippen LogP contribution in [-0.4, -0.2) is 42.8 Å². The third-order valence-electron chi connectivity index (χ3n) is 3.40. The minimum absolute atomic E-state index is 0.288. The minimum Gasteiger partial charge on any atom is -0.477 e. The molecule has 1 aromatic rings. The molecule has 0 bridgehead atoms. The molecule has 0 saturated heterocycles. The monoisotopic (exact) mass is 292 g/mol. The normalized spacial score (nSPS) is 14.7. The van der Waals surface area contributed by atoms with Gasteiger partial charge in [0.15, 0.2) is 0 Å². The van der Waals surface area contributed by atoms with Gasteiger partial charge in [-0.25, -0.2) is 4.79 Å². The van der Waals surface area contributed by atoms with E-state index in [4.69, 9.17) is 9.84 Å². The van der Waals surface area contributed by atoms with Crippen LogP contribution in [0.4, 0.5) is 11.4 Å². The summed E-state index contributed by atoms with van der Waals surface area (Å²) in [5, 5.41) is 20.3. The van der Waals surface area contributed by atoms with Gasteiger partial charge in [0, 0.05) is 20.2 Å². The molecular formula is C14H16N2O5. The number of anilines is 1. The third kappa shape index (κ3) is 3.19. The van der Waals surface area contributed by atoms with Crippen LogP contribution in [0.2, 0.25) is 0 Å². The Hall–Kier alpha value is -2.41. The number of carbonyl (C=O) groups is 1. The van der Waals surface area contributed by atoms with Crippen molar-refractivity contribution >= 4 is 17.3 Å². The SMILES string of the molecule is COCC1=CCN(c2cccc(C(=O)O)c2[N+](=O)[O-])CC1. The molecular weight excluding hydrogens is 276 g/mol. The number of hydrogen-bond acceptors (Lipinski definition) is 5. The first-order valence-corrected chi connectivity index (χ1v) is 6.47. The van der Waals surface area contributed by atoms with Gasteiger partial charge in [0.1, 0.15) is 11.3 Å². The molecule has 1 aliphatic heterocycles. The molecule has 0 amide bonds. The molecule has 7 heteroatoms. The largest absolute Gasteiger partial charge is 0.477 e. The van der Waals surface area contributed by atoms with Gasteiger partial charge in [-0.05, 0) is 24.1 Å². The van der Waals surface area contributed by atoms with Crippen LogP contribution in [0.1, 0.15) is 16.8 Å². The topological polar surface area (TPSA) is 92.9 Å². The van der Waals surface area contributed by atoms with E-state index < -0.39 is 10.9 Å². The number of methoxy groups -OCH3 is 1. The molecule has 7 nitrogen and oxygen atoms in total. The van der Waals surface area contributed by atoms with Crippen LogP contribution in [-0.2, 0) is 4.74 Å². The van der Waals surface area contributed by atoms with Crippen molar-refractivity contribution in [3.63, 3.8) is 0 Å². The molecule has 0 fully saturated rings. The number of nitrogens with zero attached hydrogens (tertiary/aromatic N) is 2. The first-order valence-electron chi connectivity index (χ1n) is 6.47. The van der Waals surface area contributed by atoms with Crippen molar-refractivity contribution in [2.75, 3.05) is 31.7 Å². The maximum Gasteiger partial charge on any atom is 0.342 e. The zero-order valence-corrected chi connectivity index (χ0v) is 11.6. The lowest BCUT2D eigenvalue weighted by atomic mass is 10.1. The lowest BCUT2D eigenvalue weighted by Gasteiger charge is -2.28. The van der Waals surface area contributed by atoms with Crippen LogP contribution in [0.5, 0.6) is 0 Å². The van der Waals surface area contributed by atoms with Crippen molar-refractivity contribution in [3.8, 4) is 0 Å². The molecule has 0 aromatic heterocycles. The number of aromatic carboxylic acids is 1. The zero-order valence-electron chi connectivity index (χ0n) is 11.6. The molecule has 0 saturated carbocycles. The summed E-state index contributed by atoms with van der Waals surface area (Å²) in [5.74, 6) is -1.30. The lowest BCUT2D eigenvalue weighted by molar-refractivity contribution is -0.384. The molecule has 1 aliphatic rings. The van der Waals surface area contributed by atoms with Crippen molar-refractivity contribution in [2.45, 2.75) is 6.42 Å². The minimum atomic E-state index is -1.30. The smallest absolute Gasteiger partial charge is 0.342 e. The van der Waals surface area contributed by atoms with Gasteiger partial charge in [-0.2, -0.15) is 0 Å². The summed E-state index contributed by atoms with van der Waals surface area (Å²) in [4.78, 5) is 23.6. The number of benzene rings is 1. The number of para-hydroxylation sites is 1. The van der Waals surface area contributed by atoms with Crippen LogP contribution in [0.25, 0.3) is 0 Å². The molecule has 1 heterocycles. The predicted molar refractivity (Wildman–Crippen MR) is 76.8 cm³/mol. The highest BCUT2D eigenvalue weighted by molar-refractivity contribution is 5.95. The van der Waals surface area contributed by atoms with Crippen LogP contribution < -0.4 is 4.90 Å². The van der Waals surface area contributed by atoms with E-state index >= 15 is 0 Å². The average molecular weight is 292 g/mol. The van der Waals surface area contributed by atoms with Crippen molar-refractivity contribution in [1.29, 1.82) is 0 Å². The highest BCUT2D eigenvalue weighted by Gasteiger charge is 2.27. The van der Waals surface area contributed by atoms with Crippen LogP contribution in [0, 0.1) is 10.1 Å². The number of ether oxygens (including phenoxy) is 1. The van der Waals surface area contributed by atoms with E-state index in [1.807, 2.05) is 11.0 Å². The zero-order chi connectivity index (χ0) is 15.4. The van der Waals surface area contributed by atoms with E-state index in [-0.39, 0.29) is 11.3 Å². The van der Waals surface area contributed by atoms with E-state index in [2.05, 4.69) is 0 Å². The van der Waals surface area contributed by atoms with Crippen LogP contribution >= 0.6 is 0 Å². The Labute approximate surface area is 121 Å². The summed E-state index contributed by atoms with van der Waals surface area (Å²) in [6.45, 7) is 1.65. The second-order valence-corrected chi connectivity index (χ2v) is 4.73. The van der Waals surface area contributed by atoms with E-state index in [0.717, 1.165) is 12.0 Å². The molecule has 1 aromatic carbocycles. The molecule has 112 valence electrons. The fourth-order valence-electron chi connectivity index (χ4n) is 2.40. The van der Waals surface area contributed by atoms with Gasteiger partial charge in [0.2, 0.25) is 0 Å². The Morgan fingerprint density at radius 1 is 1.52 bits per heavy atom. The third-order valence-corrected chi connectivity index (χ3v) is 3.40. The maximum atomic E-state index is 11.2. The summed E-state index contributed by atoms with van der Waals surface area (Å²) in [6.07, 6.45) is 2.70. The van der Waals surface area contributed by atoms with Crippen molar-refractivity contribution in [2.24, 2.45) is 0 Å². The lowest BCUT2D eigenvalue weighted by Crippen LogP contribution is -2.30. The Kier molecular flexibility index (Phi) is 4.54. The van der Waals surface area contributed by atoms with E-state index in [0.29, 0.717) is 25.4 Å². The van der Waals surface area contributed by atoms with Crippen LogP contribution in [0.3, 0.4) is 0 Å². The number of nitro groups is 1. The highest BCUT2D eigenvalue weighted by atomic mass is 16.6. The Balaban J connectivity index is 2.35. The Morgan fingerprint density at radius 2 is 2.29 bits per heavy atom. The van der Waals surface area contributed by atoms with Gasteiger partial charge >= 0.3 is 11.7 Å². The molecule has 0 unspecified atom stereocenters. The number of rotatable bonds is 5. The second-order valence-electron chi connectivity index (χ2n) is 4.73. The summed E-state index contributed by atoms with van der Waals surface area (Å²) in [5.41, 5.74) is 0.844. The molecule has 2 rings (SSSR count). The maximum absolute atomic E-state index is 11.2. The first-order chi connectivity index (χ1) is 10.0. The summed E-state index contributed by atoms with van der Waals surface area (Å²) in [6, 6.07) is 4.36. The Morgan fingerprint density at radius 3 is 2.81 bits per heavy atom. The first kappa shape index (κ1) is 15.0. The molecule has 21 heavy (non-hydrogen) atoms. The van der Waals surface area contributed by atoms with Crippen molar-refractivity contribution in [3.05, 3.63) is 45.5 Å². The number of carboxylic acids is 1.